The van der Waals surface area contributed by atoms with Gasteiger partial charge < -0.3 is 5.32 Å². The average Bonchev–Trinajstić information content (AvgIpc) is 2.92. The maximum atomic E-state index is 12.1. The first kappa shape index (κ1) is 13.5. The van der Waals surface area contributed by atoms with E-state index in [1.807, 2.05) is 0 Å². The van der Waals surface area contributed by atoms with E-state index in [4.69, 9.17) is 0 Å². The first-order valence-electron chi connectivity index (χ1n) is 7.17. The molecule has 18 heavy (non-hydrogen) atoms. The van der Waals surface area contributed by atoms with E-state index in [1.165, 1.54) is 12.8 Å². The molecule has 0 radical (unpaired) electrons. The Balaban J connectivity index is 1.81. The summed E-state index contributed by atoms with van der Waals surface area (Å²) in [6, 6.07) is 0. The largest absolute Gasteiger partial charge is 0.359 e. The van der Waals surface area contributed by atoms with Gasteiger partial charge >= 0.3 is 0 Å². The third-order valence-electron chi connectivity index (χ3n) is 4.31. The Morgan fingerprint density at radius 3 is 2.44 bits per heavy atom. The molecular formula is C14H24N2O2. The van der Waals surface area contributed by atoms with Gasteiger partial charge in [0.25, 0.3) is 0 Å². The van der Waals surface area contributed by atoms with Crippen molar-refractivity contribution in [1.82, 2.24) is 10.2 Å². The summed E-state index contributed by atoms with van der Waals surface area (Å²) in [6.07, 6.45) is 6.54. The van der Waals surface area contributed by atoms with Crippen molar-refractivity contribution in [3.63, 3.8) is 0 Å². The van der Waals surface area contributed by atoms with Crippen LogP contribution in [-0.2, 0) is 9.59 Å². The van der Waals surface area contributed by atoms with Crippen LogP contribution in [-0.4, -0.2) is 43.3 Å². The number of nitrogens with zero attached hydrogens (tertiary/aromatic N) is 1. The fraction of sp³-hybridized carbons (Fsp3) is 0.857. The van der Waals surface area contributed by atoms with Gasteiger partial charge in [-0.05, 0) is 32.2 Å². The van der Waals surface area contributed by atoms with Crippen LogP contribution in [0.1, 0.15) is 38.5 Å². The molecule has 1 atom stereocenters. The Morgan fingerprint density at radius 1 is 1.11 bits per heavy atom. The standard InChI is InChI=1S/C14H24N2O2/c1-15-14(18)12-7-4-8-16(9-12)10-13(17)11-5-2-3-6-11/h11-12H,2-10H2,1H3,(H,15,18). The molecule has 2 aliphatic rings. The number of Topliss-reactive ketones (excluding diaryl/α,β-unsaturated/α-hetero) is 1. The SMILES string of the molecule is CNC(=O)C1CCCN(CC(=O)C2CCCC2)C1. The first-order valence-corrected chi connectivity index (χ1v) is 7.17. The van der Waals surface area contributed by atoms with Crippen molar-refractivity contribution >= 4 is 11.7 Å². The highest BCUT2D eigenvalue weighted by molar-refractivity contribution is 5.83. The van der Waals surface area contributed by atoms with Gasteiger partial charge in [-0.1, -0.05) is 12.8 Å². The molecule has 1 N–H and O–H groups in total. The van der Waals surface area contributed by atoms with Crippen LogP contribution in [0.3, 0.4) is 0 Å². The highest BCUT2D eigenvalue weighted by Crippen LogP contribution is 2.26. The van der Waals surface area contributed by atoms with Crippen LogP contribution in [0, 0.1) is 11.8 Å². The Kier molecular flexibility index (Phi) is 4.75. The number of nitrogens with one attached hydrogen (secondary N) is 1. The second-order valence-electron chi connectivity index (χ2n) is 5.64. The van der Waals surface area contributed by atoms with Crippen LogP contribution in [0.25, 0.3) is 0 Å². The Morgan fingerprint density at radius 2 is 1.78 bits per heavy atom. The predicted molar refractivity (Wildman–Crippen MR) is 70.2 cm³/mol. The number of carbonyl (C=O) groups excluding carboxylic acids is 2. The lowest BCUT2D eigenvalue weighted by Gasteiger charge is -2.31. The highest BCUT2D eigenvalue weighted by atomic mass is 16.2. The van der Waals surface area contributed by atoms with E-state index in [0.717, 1.165) is 38.8 Å². The summed E-state index contributed by atoms with van der Waals surface area (Å²) in [5.74, 6) is 0.878. The molecule has 2 fully saturated rings. The van der Waals surface area contributed by atoms with E-state index < -0.39 is 0 Å². The summed E-state index contributed by atoms with van der Waals surface area (Å²) in [6.45, 7) is 2.27. The minimum absolute atomic E-state index is 0.0696. The van der Waals surface area contributed by atoms with Gasteiger partial charge in [0.15, 0.2) is 0 Å². The van der Waals surface area contributed by atoms with E-state index in [2.05, 4.69) is 10.2 Å². The van der Waals surface area contributed by atoms with Gasteiger partial charge in [0.2, 0.25) is 5.91 Å². The summed E-state index contributed by atoms with van der Waals surface area (Å²) in [4.78, 5) is 25.9. The fourth-order valence-corrected chi connectivity index (χ4v) is 3.21. The van der Waals surface area contributed by atoms with E-state index in [1.54, 1.807) is 7.05 Å². The number of ketones is 1. The second-order valence-corrected chi connectivity index (χ2v) is 5.64. The lowest BCUT2D eigenvalue weighted by Crippen LogP contribution is -2.44. The van der Waals surface area contributed by atoms with E-state index in [0.29, 0.717) is 18.2 Å². The summed E-state index contributed by atoms with van der Waals surface area (Å²) in [5.41, 5.74) is 0. The summed E-state index contributed by atoms with van der Waals surface area (Å²) < 4.78 is 0. The van der Waals surface area contributed by atoms with Crippen molar-refractivity contribution in [2.75, 3.05) is 26.7 Å². The molecular weight excluding hydrogens is 228 g/mol. The van der Waals surface area contributed by atoms with Crippen LogP contribution >= 0.6 is 0 Å². The molecule has 1 heterocycles. The minimum atomic E-state index is 0.0696. The molecule has 1 aliphatic heterocycles. The Bertz CT molecular complexity index is 311. The minimum Gasteiger partial charge on any atom is -0.359 e. The van der Waals surface area contributed by atoms with Gasteiger partial charge in [0, 0.05) is 19.5 Å². The fourth-order valence-electron chi connectivity index (χ4n) is 3.21. The van der Waals surface area contributed by atoms with Gasteiger partial charge in [-0.2, -0.15) is 0 Å². The number of piperidine rings is 1. The maximum Gasteiger partial charge on any atom is 0.224 e. The van der Waals surface area contributed by atoms with Crippen LogP contribution in [0.2, 0.25) is 0 Å². The van der Waals surface area contributed by atoms with Gasteiger partial charge in [0.1, 0.15) is 5.78 Å². The van der Waals surface area contributed by atoms with Gasteiger partial charge in [0.05, 0.1) is 12.5 Å². The highest BCUT2D eigenvalue weighted by Gasteiger charge is 2.29. The van der Waals surface area contributed by atoms with Crippen molar-refractivity contribution < 1.29 is 9.59 Å². The van der Waals surface area contributed by atoms with Crippen molar-refractivity contribution in [2.45, 2.75) is 38.5 Å². The van der Waals surface area contributed by atoms with Crippen molar-refractivity contribution in [2.24, 2.45) is 11.8 Å². The number of rotatable bonds is 4. The zero-order valence-corrected chi connectivity index (χ0v) is 11.3. The zero-order valence-electron chi connectivity index (χ0n) is 11.3. The van der Waals surface area contributed by atoms with Crippen LogP contribution in [0.15, 0.2) is 0 Å². The molecule has 1 saturated heterocycles. The van der Waals surface area contributed by atoms with Crippen molar-refractivity contribution in [3.8, 4) is 0 Å². The third-order valence-corrected chi connectivity index (χ3v) is 4.31. The molecule has 1 aliphatic carbocycles. The molecule has 4 nitrogen and oxygen atoms in total. The Labute approximate surface area is 109 Å². The second kappa shape index (κ2) is 6.32. The van der Waals surface area contributed by atoms with Crippen molar-refractivity contribution in [3.05, 3.63) is 0 Å². The number of carbonyl (C=O) groups is 2. The molecule has 0 aromatic rings. The van der Waals surface area contributed by atoms with Crippen molar-refractivity contribution in [1.29, 1.82) is 0 Å². The summed E-state index contributed by atoms with van der Waals surface area (Å²) >= 11 is 0. The lowest BCUT2D eigenvalue weighted by molar-refractivity contribution is -0.129. The van der Waals surface area contributed by atoms with E-state index >= 15 is 0 Å². The molecule has 102 valence electrons. The molecule has 1 amide bonds. The number of hydrogen-bond acceptors (Lipinski definition) is 3. The number of amides is 1. The molecule has 4 heteroatoms. The topological polar surface area (TPSA) is 49.4 Å². The van der Waals surface area contributed by atoms with E-state index in [9.17, 15) is 9.59 Å². The first-order chi connectivity index (χ1) is 8.70. The van der Waals surface area contributed by atoms with Gasteiger partial charge in [-0.3, -0.25) is 14.5 Å². The van der Waals surface area contributed by atoms with E-state index in [-0.39, 0.29) is 11.8 Å². The quantitative estimate of drug-likeness (QED) is 0.818. The molecule has 0 aromatic heterocycles. The monoisotopic (exact) mass is 252 g/mol. The molecule has 0 spiro atoms. The molecule has 0 aromatic carbocycles. The molecule has 1 saturated carbocycles. The normalized spacial score (nSPS) is 26.2. The number of likely N-dealkylation sites (tertiary alicyclic amines) is 1. The predicted octanol–water partition coefficient (Wildman–Crippen LogP) is 1.20. The molecule has 1 unspecified atom stereocenters. The molecule has 2 rings (SSSR count). The van der Waals surface area contributed by atoms with Gasteiger partial charge in [-0.25, -0.2) is 0 Å². The van der Waals surface area contributed by atoms with Crippen LogP contribution < -0.4 is 5.32 Å². The van der Waals surface area contributed by atoms with Crippen LogP contribution in [0.4, 0.5) is 0 Å². The average molecular weight is 252 g/mol. The van der Waals surface area contributed by atoms with Gasteiger partial charge in [-0.15, -0.1) is 0 Å². The summed E-state index contributed by atoms with van der Waals surface area (Å²) in [5, 5.41) is 2.71. The molecule has 0 bridgehead atoms. The summed E-state index contributed by atoms with van der Waals surface area (Å²) in [7, 11) is 1.69. The van der Waals surface area contributed by atoms with Crippen LogP contribution in [0.5, 0.6) is 0 Å². The zero-order chi connectivity index (χ0) is 13.0. The third kappa shape index (κ3) is 3.31. The maximum absolute atomic E-state index is 12.1. The Hall–Kier alpha value is -0.900. The smallest absolute Gasteiger partial charge is 0.224 e. The lowest BCUT2D eigenvalue weighted by atomic mass is 9.95. The number of hydrogen-bond donors (Lipinski definition) is 1.